The zero-order chi connectivity index (χ0) is 20.4. The molecule has 2 rings (SSSR count). The van der Waals surface area contributed by atoms with E-state index in [1.54, 1.807) is 0 Å². The van der Waals surface area contributed by atoms with Crippen LogP contribution in [0.5, 0.6) is 0 Å². The number of hydrogen-bond acceptors (Lipinski definition) is 6. The lowest BCUT2D eigenvalue weighted by Gasteiger charge is -2.18. The predicted octanol–water partition coefficient (Wildman–Crippen LogP) is 4.09. The van der Waals surface area contributed by atoms with Gasteiger partial charge < -0.3 is 11.1 Å². The molecule has 6 heteroatoms. The summed E-state index contributed by atoms with van der Waals surface area (Å²) in [6.45, 7) is 14.0. The highest BCUT2D eigenvalue weighted by molar-refractivity contribution is 5.90. The van der Waals surface area contributed by atoms with Crippen LogP contribution in [0, 0.1) is 6.92 Å². The molecule has 1 aliphatic rings. The first kappa shape index (κ1) is 23.3. The van der Waals surface area contributed by atoms with E-state index in [9.17, 15) is 0 Å². The minimum Gasteiger partial charge on any atom is -0.382 e. The third-order valence-electron chi connectivity index (χ3n) is 4.83. The van der Waals surface area contributed by atoms with Crippen LogP contribution in [0.3, 0.4) is 0 Å². The summed E-state index contributed by atoms with van der Waals surface area (Å²) in [5.41, 5.74) is 11.4. The van der Waals surface area contributed by atoms with E-state index < -0.39 is 0 Å². The molecule has 152 valence electrons. The van der Waals surface area contributed by atoms with Crippen molar-refractivity contribution in [1.29, 1.82) is 0 Å². The summed E-state index contributed by atoms with van der Waals surface area (Å²) in [5.74, 6) is 5.47. The number of allylic oxidation sites excluding steroid dienone is 1. The minimum atomic E-state index is -0.139. The lowest BCUT2D eigenvalue weighted by molar-refractivity contribution is -0.0217. The largest absolute Gasteiger partial charge is 0.382 e. The summed E-state index contributed by atoms with van der Waals surface area (Å²) in [7, 11) is 0. The first-order chi connectivity index (χ1) is 12.8. The Bertz CT molecular complexity index is 659. The number of anilines is 1. The number of aryl methyl sites for hydroxylation is 1. The standard InChI is InChI=1S/C16H24N4.C5H13NO/c1-4-12(10-18-5-2)19-15-11(3)13-8-6-7-9-14(13)20-16(15)17;1-4-5(2,3)7-6/h6,8,18H,4-5,7,9-10H2,1-3H3,(H2,17,20);4,6H2,1-3H3. The molecule has 0 radical (unpaired) electrons. The second-order valence-corrected chi connectivity index (χ2v) is 7.32. The Hall–Kier alpha value is -1.76. The van der Waals surface area contributed by atoms with Gasteiger partial charge in [0.05, 0.1) is 11.3 Å². The lowest BCUT2D eigenvalue weighted by Crippen LogP contribution is -2.26. The van der Waals surface area contributed by atoms with E-state index in [0.29, 0.717) is 5.82 Å². The minimum absolute atomic E-state index is 0.139. The van der Waals surface area contributed by atoms with Crippen LogP contribution in [0.2, 0.25) is 0 Å². The first-order valence-electron chi connectivity index (χ1n) is 9.90. The summed E-state index contributed by atoms with van der Waals surface area (Å²) in [5, 5.41) is 3.31. The highest BCUT2D eigenvalue weighted by Gasteiger charge is 2.15. The fourth-order valence-corrected chi connectivity index (χ4v) is 2.52. The van der Waals surface area contributed by atoms with E-state index in [4.69, 9.17) is 16.6 Å². The number of nitrogens with two attached hydrogens (primary N) is 2. The summed E-state index contributed by atoms with van der Waals surface area (Å²) in [4.78, 5) is 13.9. The molecule has 0 unspecified atom stereocenters. The van der Waals surface area contributed by atoms with Crippen LogP contribution in [0.4, 0.5) is 11.5 Å². The molecule has 5 N–H and O–H groups in total. The molecule has 0 saturated heterocycles. The second kappa shape index (κ2) is 11.2. The summed E-state index contributed by atoms with van der Waals surface area (Å²) in [6.07, 6.45) is 8.22. The molecular weight excluding hydrogens is 338 g/mol. The van der Waals surface area contributed by atoms with Crippen LogP contribution in [-0.4, -0.2) is 29.4 Å². The number of aromatic nitrogens is 1. The molecule has 1 heterocycles. The van der Waals surface area contributed by atoms with E-state index in [1.807, 2.05) is 20.8 Å². The maximum atomic E-state index is 6.11. The van der Waals surface area contributed by atoms with E-state index in [-0.39, 0.29) is 5.60 Å². The number of fused-ring (bicyclic) bond motifs is 1. The molecular formula is C21H37N5O. The van der Waals surface area contributed by atoms with Crippen molar-refractivity contribution in [3.63, 3.8) is 0 Å². The van der Waals surface area contributed by atoms with E-state index in [0.717, 1.165) is 61.4 Å². The molecule has 0 atom stereocenters. The highest BCUT2D eigenvalue weighted by Crippen LogP contribution is 2.33. The third kappa shape index (κ3) is 7.05. The van der Waals surface area contributed by atoms with Crippen molar-refractivity contribution in [2.24, 2.45) is 10.9 Å². The van der Waals surface area contributed by atoms with E-state index in [1.165, 1.54) is 5.56 Å². The summed E-state index contributed by atoms with van der Waals surface area (Å²) >= 11 is 0. The van der Waals surface area contributed by atoms with Crippen molar-refractivity contribution in [3.05, 3.63) is 22.9 Å². The van der Waals surface area contributed by atoms with Gasteiger partial charge >= 0.3 is 0 Å². The number of nitrogen functional groups attached to an aromatic ring is 1. The smallest absolute Gasteiger partial charge is 0.149 e. The van der Waals surface area contributed by atoms with Crippen LogP contribution in [0.15, 0.2) is 11.1 Å². The van der Waals surface area contributed by atoms with Gasteiger partial charge in [0.15, 0.2) is 0 Å². The van der Waals surface area contributed by atoms with Gasteiger partial charge in [-0.1, -0.05) is 32.9 Å². The predicted molar refractivity (Wildman–Crippen MR) is 116 cm³/mol. The van der Waals surface area contributed by atoms with Crippen LogP contribution < -0.4 is 16.9 Å². The van der Waals surface area contributed by atoms with Gasteiger partial charge in [-0.25, -0.2) is 10.9 Å². The topological polar surface area (TPSA) is 98.5 Å². The molecule has 1 aromatic rings. The average molecular weight is 376 g/mol. The number of nitrogens with zero attached hydrogens (tertiary/aromatic N) is 2. The molecule has 0 aromatic carbocycles. The van der Waals surface area contributed by atoms with Gasteiger partial charge in [-0.05, 0) is 58.6 Å². The van der Waals surface area contributed by atoms with E-state index >= 15 is 0 Å². The summed E-state index contributed by atoms with van der Waals surface area (Å²) in [6, 6.07) is 0. The van der Waals surface area contributed by atoms with Crippen molar-refractivity contribution in [3.8, 4) is 0 Å². The van der Waals surface area contributed by atoms with Gasteiger partial charge in [0, 0.05) is 17.8 Å². The Morgan fingerprint density at radius 3 is 2.56 bits per heavy atom. The van der Waals surface area contributed by atoms with Crippen LogP contribution >= 0.6 is 0 Å². The molecule has 0 fully saturated rings. The van der Waals surface area contributed by atoms with Gasteiger partial charge in [0.1, 0.15) is 11.5 Å². The van der Waals surface area contributed by atoms with Gasteiger partial charge in [-0.2, -0.15) is 0 Å². The molecule has 0 aliphatic heterocycles. The van der Waals surface area contributed by atoms with Gasteiger partial charge in [0.2, 0.25) is 0 Å². The maximum absolute atomic E-state index is 6.11. The third-order valence-corrected chi connectivity index (χ3v) is 4.83. The summed E-state index contributed by atoms with van der Waals surface area (Å²) < 4.78 is 0. The van der Waals surface area contributed by atoms with Crippen LogP contribution in [-0.2, 0) is 11.3 Å². The van der Waals surface area contributed by atoms with Gasteiger partial charge in [-0.3, -0.25) is 9.83 Å². The Labute approximate surface area is 164 Å². The average Bonchev–Trinajstić information content (AvgIpc) is 2.68. The molecule has 0 spiro atoms. The Kier molecular flexibility index (Phi) is 9.63. The van der Waals surface area contributed by atoms with Crippen molar-refractivity contribution < 1.29 is 4.84 Å². The zero-order valence-electron chi connectivity index (χ0n) is 17.9. The number of nitrogens with one attached hydrogen (secondary N) is 1. The monoisotopic (exact) mass is 375 g/mol. The van der Waals surface area contributed by atoms with Crippen LogP contribution in [0.1, 0.15) is 70.7 Å². The fraction of sp³-hybridized carbons (Fsp3) is 0.619. The number of pyridine rings is 1. The molecule has 0 bridgehead atoms. The number of aliphatic imine (C=N–C) groups is 1. The molecule has 1 aliphatic carbocycles. The molecule has 1 aromatic heterocycles. The normalized spacial score (nSPS) is 13.8. The molecule has 0 amide bonds. The Balaban J connectivity index is 0.000000445. The van der Waals surface area contributed by atoms with Crippen molar-refractivity contribution in [2.75, 3.05) is 18.8 Å². The van der Waals surface area contributed by atoms with Crippen molar-refractivity contribution in [1.82, 2.24) is 10.3 Å². The highest BCUT2D eigenvalue weighted by atomic mass is 16.6. The zero-order valence-corrected chi connectivity index (χ0v) is 17.9. The fourth-order valence-electron chi connectivity index (χ4n) is 2.52. The lowest BCUT2D eigenvalue weighted by atomic mass is 9.97. The van der Waals surface area contributed by atoms with Gasteiger partial charge in [-0.15, -0.1) is 0 Å². The van der Waals surface area contributed by atoms with Crippen LogP contribution in [0.25, 0.3) is 6.08 Å². The Morgan fingerprint density at radius 2 is 2.04 bits per heavy atom. The molecule has 0 saturated carbocycles. The number of rotatable bonds is 7. The molecule has 6 nitrogen and oxygen atoms in total. The van der Waals surface area contributed by atoms with Crippen molar-refractivity contribution in [2.45, 2.75) is 72.8 Å². The first-order valence-corrected chi connectivity index (χ1v) is 9.90. The number of hydrogen-bond donors (Lipinski definition) is 3. The second-order valence-electron chi connectivity index (χ2n) is 7.32. The van der Waals surface area contributed by atoms with Gasteiger partial charge in [0.25, 0.3) is 0 Å². The van der Waals surface area contributed by atoms with E-state index in [2.05, 4.69) is 48.1 Å². The maximum Gasteiger partial charge on any atom is 0.149 e. The van der Waals surface area contributed by atoms with Crippen molar-refractivity contribution >= 4 is 23.3 Å². The SMILES string of the molecule is CCC(C)(C)ON.CCNCC(CC)=Nc1c(N)nc2c(c1C)C=CCC2. The molecule has 27 heavy (non-hydrogen) atoms. The quantitative estimate of drug-likeness (QED) is 0.492. The Morgan fingerprint density at radius 1 is 1.33 bits per heavy atom.